The van der Waals surface area contributed by atoms with Crippen LogP contribution in [0.5, 0.6) is 0 Å². The average molecular weight is 387 g/mol. The first kappa shape index (κ1) is 18.9. The fraction of sp³-hybridized carbons (Fsp3) is 0.438. The zero-order chi connectivity index (χ0) is 16.7. The molecule has 1 atom stereocenters. The highest BCUT2D eigenvalue weighted by Gasteiger charge is 2.25. The molecular formula is C16H19BrO4S. The summed E-state index contributed by atoms with van der Waals surface area (Å²) >= 11 is 4.35. The lowest BCUT2D eigenvalue weighted by molar-refractivity contribution is -0.151. The van der Waals surface area contributed by atoms with Crippen LogP contribution in [0.2, 0.25) is 0 Å². The van der Waals surface area contributed by atoms with E-state index in [1.165, 1.54) is 6.92 Å². The van der Waals surface area contributed by atoms with Gasteiger partial charge < -0.3 is 4.74 Å². The third kappa shape index (κ3) is 6.75. The maximum Gasteiger partial charge on any atom is 0.310 e. The Balaban J connectivity index is 2.77. The molecule has 6 heteroatoms. The number of carbonyl (C=O) groups is 3. The maximum atomic E-state index is 12.3. The summed E-state index contributed by atoms with van der Waals surface area (Å²) in [7, 11) is 0. The Morgan fingerprint density at radius 1 is 1.18 bits per heavy atom. The second-order valence-electron chi connectivity index (χ2n) is 5.12. The maximum absolute atomic E-state index is 12.3. The number of esters is 1. The van der Waals surface area contributed by atoms with E-state index in [0.717, 1.165) is 16.2 Å². The van der Waals surface area contributed by atoms with Crippen LogP contribution in [0.15, 0.2) is 28.7 Å². The molecule has 0 bridgehead atoms. The van der Waals surface area contributed by atoms with E-state index in [2.05, 4.69) is 15.9 Å². The van der Waals surface area contributed by atoms with Gasteiger partial charge in [0.2, 0.25) is 0 Å². The highest BCUT2D eigenvalue weighted by Crippen LogP contribution is 2.19. The summed E-state index contributed by atoms with van der Waals surface area (Å²) in [5.74, 6) is -0.938. The standard InChI is InChI=1S/C16H19BrO4S/c1-10(2)21-16(20)13(9-22-11(3)18)8-15(19)12-4-6-14(17)7-5-12/h4-7,10,13H,8-9H2,1-3H3. The summed E-state index contributed by atoms with van der Waals surface area (Å²) in [6.07, 6.45) is -0.215. The Morgan fingerprint density at radius 2 is 1.77 bits per heavy atom. The molecule has 0 aliphatic carbocycles. The first-order chi connectivity index (χ1) is 10.3. The van der Waals surface area contributed by atoms with Crippen molar-refractivity contribution in [3.63, 3.8) is 0 Å². The molecule has 1 aromatic carbocycles. The van der Waals surface area contributed by atoms with Crippen molar-refractivity contribution in [1.29, 1.82) is 0 Å². The van der Waals surface area contributed by atoms with Gasteiger partial charge in [0.25, 0.3) is 0 Å². The zero-order valence-corrected chi connectivity index (χ0v) is 15.2. The lowest BCUT2D eigenvalue weighted by Gasteiger charge is -2.16. The summed E-state index contributed by atoms with van der Waals surface area (Å²) in [5.41, 5.74) is 0.540. The average Bonchev–Trinajstić information content (AvgIpc) is 2.42. The van der Waals surface area contributed by atoms with Crippen LogP contribution < -0.4 is 0 Å². The molecule has 4 nitrogen and oxygen atoms in total. The number of ketones is 1. The Morgan fingerprint density at radius 3 is 2.27 bits per heavy atom. The minimum atomic E-state index is -0.618. The second kappa shape index (κ2) is 9.10. The molecule has 1 unspecified atom stereocenters. The summed E-state index contributed by atoms with van der Waals surface area (Å²) in [6, 6.07) is 6.96. The summed E-state index contributed by atoms with van der Waals surface area (Å²) in [6.45, 7) is 4.94. The van der Waals surface area contributed by atoms with Crippen molar-refractivity contribution in [2.24, 2.45) is 5.92 Å². The Bertz CT molecular complexity index is 540. The predicted molar refractivity (Wildman–Crippen MR) is 90.9 cm³/mol. The molecule has 0 amide bonds. The van der Waals surface area contributed by atoms with Gasteiger partial charge in [-0.2, -0.15) is 0 Å². The normalized spacial score (nSPS) is 12.0. The van der Waals surface area contributed by atoms with E-state index in [9.17, 15) is 14.4 Å². The molecule has 0 aliphatic rings. The third-order valence-electron chi connectivity index (χ3n) is 2.77. The van der Waals surface area contributed by atoms with Gasteiger partial charge in [-0.1, -0.05) is 39.8 Å². The number of Topliss-reactive ketones (excluding diaryl/α,β-unsaturated/α-hetero) is 1. The van der Waals surface area contributed by atoms with Crippen LogP contribution >= 0.6 is 27.7 Å². The number of benzene rings is 1. The number of carbonyl (C=O) groups excluding carboxylic acids is 3. The molecule has 0 spiro atoms. The molecule has 0 saturated heterocycles. The van der Waals surface area contributed by atoms with E-state index in [1.807, 2.05) is 0 Å². The van der Waals surface area contributed by atoms with E-state index < -0.39 is 11.9 Å². The van der Waals surface area contributed by atoms with Crippen LogP contribution in [-0.2, 0) is 14.3 Å². The highest BCUT2D eigenvalue weighted by atomic mass is 79.9. The molecule has 0 N–H and O–H groups in total. The largest absolute Gasteiger partial charge is 0.463 e. The molecule has 0 saturated carbocycles. The predicted octanol–water partition coefficient (Wildman–Crippen LogP) is 3.87. The van der Waals surface area contributed by atoms with Crippen LogP contribution in [0.1, 0.15) is 37.6 Å². The molecule has 0 radical (unpaired) electrons. The van der Waals surface area contributed by atoms with E-state index in [0.29, 0.717) is 5.56 Å². The van der Waals surface area contributed by atoms with Crippen molar-refractivity contribution in [2.75, 3.05) is 5.75 Å². The summed E-state index contributed by atoms with van der Waals surface area (Å²) in [5, 5.41) is -0.0848. The van der Waals surface area contributed by atoms with Gasteiger partial charge in [-0.3, -0.25) is 14.4 Å². The van der Waals surface area contributed by atoms with E-state index >= 15 is 0 Å². The van der Waals surface area contributed by atoms with Gasteiger partial charge in [-0.15, -0.1) is 0 Å². The number of halogens is 1. The van der Waals surface area contributed by atoms with Crippen LogP contribution in [0.25, 0.3) is 0 Å². The van der Waals surface area contributed by atoms with E-state index in [4.69, 9.17) is 4.74 Å². The topological polar surface area (TPSA) is 60.4 Å². The minimum Gasteiger partial charge on any atom is -0.463 e. The molecule has 120 valence electrons. The van der Waals surface area contributed by atoms with E-state index in [-0.39, 0.29) is 29.2 Å². The lowest BCUT2D eigenvalue weighted by atomic mass is 10.00. The van der Waals surface area contributed by atoms with Crippen molar-refractivity contribution >= 4 is 44.6 Å². The first-order valence-corrected chi connectivity index (χ1v) is 8.70. The minimum absolute atomic E-state index is 0.0352. The molecule has 0 fully saturated rings. The van der Waals surface area contributed by atoms with Crippen molar-refractivity contribution < 1.29 is 19.1 Å². The van der Waals surface area contributed by atoms with Crippen LogP contribution in [0.4, 0.5) is 0 Å². The highest BCUT2D eigenvalue weighted by molar-refractivity contribution is 9.10. The van der Waals surface area contributed by atoms with Gasteiger partial charge >= 0.3 is 5.97 Å². The molecule has 0 aliphatic heterocycles. The fourth-order valence-corrected chi connectivity index (χ4v) is 2.69. The van der Waals surface area contributed by atoms with Crippen molar-refractivity contribution in [2.45, 2.75) is 33.3 Å². The second-order valence-corrected chi connectivity index (χ2v) is 7.23. The van der Waals surface area contributed by atoms with Gasteiger partial charge in [0.15, 0.2) is 10.9 Å². The molecule has 1 aromatic rings. The van der Waals surface area contributed by atoms with Crippen molar-refractivity contribution in [1.82, 2.24) is 0 Å². The quantitative estimate of drug-likeness (QED) is 0.525. The number of thioether (sulfide) groups is 1. The van der Waals surface area contributed by atoms with Crippen LogP contribution in [-0.4, -0.2) is 28.7 Å². The lowest BCUT2D eigenvalue weighted by Crippen LogP contribution is -2.26. The van der Waals surface area contributed by atoms with Crippen LogP contribution in [0, 0.1) is 5.92 Å². The molecule has 22 heavy (non-hydrogen) atoms. The molecular weight excluding hydrogens is 368 g/mol. The number of ether oxygens (including phenoxy) is 1. The molecule has 1 rings (SSSR count). The van der Waals surface area contributed by atoms with Gasteiger partial charge in [0.1, 0.15) is 0 Å². The molecule has 0 heterocycles. The SMILES string of the molecule is CC(=O)SCC(CC(=O)c1ccc(Br)cc1)C(=O)OC(C)C. The fourth-order valence-electron chi connectivity index (χ4n) is 1.73. The van der Waals surface area contributed by atoms with Crippen LogP contribution in [0.3, 0.4) is 0 Å². The van der Waals surface area contributed by atoms with E-state index in [1.54, 1.807) is 38.1 Å². The Labute approximate surface area is 143 Å². The Hall–Kier alpha value is -1.14. The Kier molecular flexibility index (Phi) is 7.82. The molecule has 0 aromatic heterocycles. The monoisotopic (exact) mass is 386 g/mol. The number of hydrogen-bond acceptors (Lipinski definition) is 5. The summed E-state index contributed by atoms with van der Waals surface area (Å²) in [4.78, 5) is 35.5. The third-order valence-corrected chi connectivity index (χ3v) is 4.28. The van der Waals surface area contributed by atoms with Crippen molar-refractivity contribution in [3.8, 4) is 0 Å². The van der Waals surface area contributed by atoms with Crippen molar-refractivity contribution in [3.05, 3.63) is 34.3 Å². The number of hydrogen-bond donors (Lipinski definition) is 0. The zero-order valence-electron chi connectivity index (χ0n) is 12.8. The van der Waals surface area contributed by atoms with Gasteiger partial charge in [0.05, 0.1) is 12.0 Å². The van der Waals surface area contributed by atoms with Gasteiger partial charge in [-0.05, 0) is 26.0 Å². The van der Waals surface area contributed by atoms with Gasteiger partial charge in [0, 0.05) is 29.1 Å². The van der Waals surface area contributed by atoms with Gasteiger partial charge in [-0.25, -0.2) is 0 Å². The summed E-state index contributed by atoms with van der Waals surface area (Å²) < 4.78 is 6.06. The number of rotatable bonds is 7. The first-order valence-electron chi connectivity index (χ1n) is 6.92. The smallest absolute Gasteiger partial charge is 0.310 e.